The molecule has 0 fully saturated rings. The molecular weight excluding hydrogens is 711 g/mol. The highest BCUT2D eigenvalue weighted by Crippen LogP contribution is 2.40. The quantitative estimate of drug-likeness (QED) is 0.142. The zero-order valence-electron chi connectivity index (χ0n) is 32.6. The van der Waals surface area contributed by atoms with Crippen molar-refractivity contribution in [1.82, 2.24) is 0 Å². The molecule has 1 heteroatoms. The highest BCUT2D eigenvalue weighted by molar-refractivity contribution is 5.97. The van der Waals surface area contributed by atoms with E-state index in [1.165, 1.54) is 77.5 Å². The van der Waals surface area contributed by atoms with Crippen molar-refractivity contribution in [3.05, 3.63) is 249 Å². The molecule has 0 unspecified atom stereocenters. The summed E-state index contributed by atoms with van der Waals surface area (Å²) >= 11 is 0. The minimum Gasteiger partial charge on any atom is -0.311 e. The summed E-state index contributed by atoms with van der Waals surface area (Å²) in [6, 6.07) is 89.7. The van der Waals surface area contributed by atoms with Crippen molar-refractivity contribution in [1.29, 1.82) is 0 Å². The third kappa shape index (κ3) is 7.34. The molecule has 0 heterocycles. The van der Waals surface area contributed by atoms with Crippen molar-refractivity contribution >= 4 is 27.8 Å². The van der Waals surface area contributed by atoms with E-state index >= 15 is 0 Å². The molecule has 59 heavy (non-hydrogen) atoms. The molecule has 0 aliphatic carbocycles. The van der Waals surface area contributed by atoms with Gasteiger partial charge in [0.1, 0.15) is 0 Å². The van der Waals surface area contributed by atoms with Crippen molar-refractivity contribution < 1.29 is 0 Å². The van der Waals surface area contributed by atoms with Gasteiger partial charge < -0.3 is 4.90 Å². The number of rotatable bonds is 9. The monoisotopic (exact) mass is 751 g/mol. The fourth-order valence-corrected chi connectivity index (χ4v) is 8.28. The van der Waals surface area contributed by atoms with Gasteiger partial charge in [0, 0.05) is 17.1 Å². The minimum absolute atomic E-state index is 1.09. The van der Waals surface area contributed by atoms with Gasteiger partial charge in [0.2, 0.25) is 0 Å². The molecule has 10 rings (SSSR count). The molecule has 0 aliphatic rings. The molecule has 10 aromatic rings. The van der Waals surface area contributed by atoms with Gasteiger partial charge in [-0.2, -0.15) is 0 Å². The van der Waals surface area contributed by atoms with Crippen molar-refractivity contribution in [2.24, 2.45) is 0 Å². The average molecular weight is 752 g/mol. The molecule has 0 aromatic heterocycles. The standard InChI is InChI=1S/C58H41N/c1-3-13-42(14-4-1)43-25-27-44(28-26-43)45-29-35-52(36-30-45)59(54-39-33-49(34-40-54)57-23-10-9-22-55(57)47-15-5-2-6-16-47)53-37-31-46(32-38-53)50-19-11-20-51(41-50)58-24-12-18-48-17-7-8-21-56(48)58/h1-41H. The normalized spacial score (nSPS) is 11.1. The lowest BCUT2D eigenvalue weighted by atomic mass is 9.94. The molecule has 0 bridgehead atoms. The van der Waals surface area contributed by atoms with Crippen LogP contribution in [0.1, 0.15) is 0 Å². The molecule has 1 nitrogen and oxygen atoms in total. The van der Waals surface area contributed by atoms with Gasteiger partial charge >= 0.3 is 0 Å². The van der Waals surface area contributed by atoms with E-state index in [4.69, 9.17) is 0 Å². The maximum absolute atomic E-state index is 2.35. The summed E-state index contributed by atoms with van der Waals surface area (Å²) in [7, 11) is 0. The summed E-state index contributed by atoms with van der Waals surface area (Å²) in [5.74, 6) is 0. The first-order valence-corrected chi connectivity index (χ1v) is 20.2. The summed E-state index contributed by atoms with van der Waals surface area (Å²) < 4.78 is 0. The van der Waals surface area contributed by atoms with Gasteiger partial charge in [-0.3, -0.25) is 0 Å². The topological polar surface area (TPSA) is 3.24 Å². The highest BCUT2D eigenvalue weighted by Gasteiger charge is 2.15. The maximum atomic E-state index is 2.35. The maximum Gasteiger partial charge on any atom is 0.0462 e. The molecule has 0 saturated heterocycles. The lowest BCUT2D eigenvalue weighted by Gasteiger charge is -2.26. The molecule has 278 valence electrons. The van der Waals surface area contributed by atoms with Crippen LogP contribution < -0.4 is 4.90 Å². The Morgan fingerprint density at radius 1 is 0.203 bits per heavy atom. The first kappa shape index (κ1) is 35.7. The fraction of sp³-hybridized carbons (Fsp3) is 0. The fourth-order valence-electron chi connectivity index (χ4n) is 8.28. The SMILES string of the molecule is c1ccc(-c2ccc(-c3ccc(N(c4ccc(-c5cccc(-c6cccc7ccccc67)c5)cc4)c4ccc(-c5ccccc5-c5ccccc5)cc4)cc3)cc2)cc1. The van der Waals surface area contributed by atoms with Gasteiger partial charge in [0.15, 0.2) is 0 Å². The summed E-state index contributed by atoms with van der Waals surface area (Å²) in [6.45, 7) is 0. The summed E-state index contributed by atoms with van der Waals surface area (Å²) in [6.07, 6.45) is 0. The molecule has 0 aliphatic heterocycles. The van der Waals surface area contributed by atoms with E-state index in [-0.39, 0.29) is 0 Å². The third-order valence-corrected chi connectivity index (χ3v) is 11.3. The van der Waals surface area contributed by atoms with E-state index in [0.29, 0.717) is 0 Å². The summed E-state index contributed by atoms with van der Waals surface area (Å²) in [5, 5.41) is 2.52. The first-order chi connectivity index (χ1) is 29.2. The van der Waals surface area contributed by atoms with Gasteiger partial charge in [0.05, 0.1) is 0 Å². The third-order valence-electron chi connectivity index (χ3n) is 11.3. The Morgan fingerprint density at radius 3 is 1.12 bits per heavy atom. The Balaban J connectivity index is 0.997. The predicted octanol–water partition coefficient (Wildman–Crippen LogP) is 16.3. The number of anilines is 3. The van der Waals surface area contributed by atoms with Crippen LogP contribution in [0.2, 0.25) is 0 Å². The summed E-state index contributed by atoms with van der Waals surface area (Å²) in [5.41, 5.74) is 17.8. The van der Waals surface area contributed by atoms with Crippen LogP contribution in [-0.2, 0) is 0 Å². The van der Waals surface area contributed by atoms with E-state index in [9.17, 15) is 0 Å². The molecule has 0 saturated carbocycles. The molecule has 0 amide bonds. The Kier molecular flexibility index (Phi) is 9.68. The predicted molar refractivity (Wildman–Crippen MR) is 251 cm³/mol. The second-order valence-corrected chi connectivity index (χ2v) is 14.9. The molecule has 0 N–H and O–H groups in total. The zero-order chi connectivity index (χ0) is 39.4. The lowest BCUT2D eigenvalue weighted by Crippen LogP contribution is -2.09. The minimum atomic E-state index is 1.09. The van der Waals surface area contributed by atoms with E-state index in [0.717, 1.165) is 17.1 Å². The van der Waals surface area contributed by atoms with E-state index in [1.807, 2.05) is 0 Å². The zero-order valence-corrected chi connectivity index (χ0v) is 32.6. The number of benzene rings is 10. The van der Waals surface area contributed by atoms with E-state index in [2.05, 4.69) is 254 Å². The van der Waals surface area contributed by atoms with E-state index in [1.54, 1.807) is 0 Å². The van der Waals surface area contributed by atoms with Crippen molar-refractivity contribution in [2.45, 2.75) is 0 Å². The van der Waals surface area contributed by atoms with Crippen LogP contribution in [-0.4, -0.2) is 0 Å². The second kappa shape index (κ2) is 16.0. The van der Waals surface area contributed by atoms with Crippen molar-refractivity contribution in [3.63, 3.8) is 0 Å². The highest BCUT2D eigenvalue weighted by atomic mass is 15.1. The summed E-state index contributed by atoms with van der Waals surface area (Å²) in [4.78, 5) is 2.35. The van der Waals surface area contributed by atoms with Crippen LogP contribution >= 0.6 is 0 Å². The van der Waals surface area contributed by atoms with Gasteiger partial charge in [-0.25, -0.2) is 0 Å². The molecule has 0 spiro atoms. The molecule has 0 radical (unpaired) electrons. The Bertz CT molecular complexity index is 2980. The van der Waals surface area contributed by atoms with Crippen LogP contribution in [0.4, 0.5) is 17.1 Å². The molecule has 10 aromatic carbocycles. The van der Waals surface area contributed by atoms with Gasteiger partial charge in [-0.15, -0.1) is 0 Å². The van der Waals surface area contributed by atoms with Crippen molar-refractivity contribution in [2.75, 3.05) is 4.90 Å². The van der Waals surface area contributed by atoms with Crippen LogP contribution in [0.25, 0.3) is 77.5 Å². The molecular formula is C58H41N. The van der Waals surface area contributed by atoms with Crippen molar-refractivity contribution in [3.8, 4) is 66.8 Å². The number of hydrogen-bond acceptors (Lipinski definition) is 1. The van der Waals surface area contributed by atoms with Crippen LogP contribution in [0.5, 0.6) is 0 Å². The van der Waals surface area contributed by atoms with E-state index < -0.39 is 0 Å². The number of fused-ring (bicyclic) bond motifs is 1. The van der Waals surface area contributed by atoms with Crippen LogP contribution in [0.3, 0.4) is 0 Å². The second-order valence-electron chi connectivity index (χ2n) is 14.9. The number of hydrogen-bond donors (Lipinski definition) is 0. The first-order valence-electron chi connectivity index (χ1n) is 20.2. The number of nitrogens with zero attached hydrogens (tertiary/aromatic N) is 1. The Hall–Kier alpha value is -7.74. The largest absolute Gasteiger partial charge is 0.311 e. The Morgan fingerprint density at radius 2 is 0.542 bits per heavy atom. The smallest absolute Gasteiger partial charge is 0.0462 e. The van der Waals surface area contributed by atoms with Crippen LogP contribution in [0.15, 0.2) is 249 Å². The lowest BCUT2D eigenvalue weighted by molar-refractivity contribution is 1.28. The Labute approximate surface area is 346 Å². The molecule has 0 atom stereocenters. The van der Waals surface area contributed by atoms with Gasteiger partial charge in [-0.1, -0.05) is 206 Å². The average Bonchev–Trinajstić information content (AvgIpc) is 3.33. The van der Waals surface area contributed by atoms with Gasteiger partial charge in [0.25, 0.3) is 0 Å². The van der Waals surface area contributed by atoms with Gasteiger partial charge in [-0.05, 0) is 120 Å². The van der Waals surface area contributed by atoms with Crippen LogP contribution in [0, 0.1) is 0 Å².